The SMILES string of the molecule is Cc1cccc(C(O)c2ccc3c(c2)CCN3C)c1C. The van der Waals surface area contributed by atoms with Gasteiger partial charge in [0.1, 0.15) is 6.10 Å². The molecule has 1 N–H and O–H groups in total. The third-order valence-corrected chi connectivity index (χ3v) is 4.49. The topological polar surface area (TPSA) is 23.5 Å². The van der Waals surface area contributed by atoms with Gasteiger partial charge in [-0.25, -0.2) is 0 Å². The highest BCUT2D eigenvalue weighted by Crippen LogP contribution is 2.32. The Kier molecular flexibility index (Phi) is 3.27. The lowest BCUT2D eigenvalue weighted by molar-refractivity contribution is 0.219. The second kappa shape index (κ2) is 4.95. The normalized spacial score (nSPS) is 15.3. The van der Waals surface area contributed by atoms with Crippen LogP contribution in [-0.2, 0) is 6.42 Å². The van der Waals surface area contributed by atoms with E-state index < -0.39 is 6.10 Å². The molecule has 1 aliphatic heterocycles. The molecule has 0 saturated carbocycles. The first-order valence-corrected chi connectivity index (χ1v) is 7.16. The molecule has 0 spiro atoms. The Hall–Kier alpha value is -1.80. The first-order valence-electron chi connectivity index (χ1n) is 7.16. The Morgan fingerprint density at radius 1 is 1.15 bits per heavy atom. The summed E-state index contributed by atoms with van der Waals surface area (Å²) in [6.07, 6.45) is 0.533. The molecule has 3 rings (SSSR count). The molecule has 104 valence electrons. The first kappa shape index (κ1) is 13.2. The van der Waals surface area contributed by atoms with E-state index in [1.165, 1.54) is 22.4 Å². The molecule has 0 fully saturated rings. The molecule has 20 heavy (non-hydrogen) atoms. The summed E-state index contributed by atoms with van der Waals surface area (Å²) in [6, 6.07) is 12.5. The molecular weight excluding hydrogens is 246 g/mol. The summed E-state index contributed by atoms with van der Waals surface area (Å²) in [7, 11) is 2.12. The monoisotopic (exact) mass is 267 g/mol. The maximum absolute atomic E-state index is 10.7. The fourth-order valence-corrected chi connectivity index (χ4v) is 3.01. The largest absolute Gasteiger partial charge is 0.384 e. The molecular formula is C18H21NO. The van der Waals surface area contributed by atoms with Crippen molar-refractivity contribution in [1.82, 2.24) is 0 Å². The van der Waals surface area contributed by atoms with E-state index in [-0.39, 0.29) is 0 Å². The number of hydrogen-bond donors (Lipinski definition) is 1. The van der Waals surface area contributed by atoms with Crippen molar-refractivity contribution in [2.45, 2.75) is 26.4 Å². The molecule has 0 aliphatic carbocycles. The predicted octanol–water partition coefficient (Wildman–Crippen LogP) is 3.38. The molecule has 0 saturated heterocycles. The Bertz CT molecular complexity index is 648. The van der Waals surface area contributed by atoms with Crippen LogP contribution in [0.5, 0.6) is 0 Å². The molecule has 1 aliphatic rings. The second-order valence-electron chi connectivity index (χ2n) is 5.75. The molecule has 0 aromatic heterocycles. The molecule has 2 nitrogen and oxygen atoms in total. The smallest absolute Gasteiger partial charge is 0.104 e. The fraction of sp³-hybridized carbons (Fsp3) is 0.333. The lowest BCUT2D eigenvalue weighted by atomic mass is 9.93. The number of likely N-dealkylation sites (N-methyl/N-ethyl adjacent to an activating group) is 1. The average molecular weight is 267 g/mol. The molecule has 2 aromatic rings. The van der Waals surface area contributed by atoms with Gasteiger partial charge < -0.3 is 10.0 Å². The van der Waals surface area contributed by atoms with Gasteiger partial charge in [0.25, 0.3) is 0 Å². The summed E-state index contributed by atoms with van der Waals surface area (Å²) in [5.74, 6) is 0. The maximum Gasteiger partial charge on any atom is 0.104 e. The molecule has 2 heteroatoms. The van der Waals surface area contributed by atoms with Crippen molar-refractivity contribution in [2.75, 3.05) is 18.5 Å². The minimum absolute atomic E-state index is 0.536. The summed E-state index contributed by atoms with van der Waals surface area (Å²) < 4.78 is 0. The van der Waals surface area contributed by atoms with E-state index in [0.717, 1.165) is 24.1 Å². The van der Waals surface area contributed by atoms with Gasteiger partial charge in [-0.05, 0) is 54.2 Å². The maximum atomic E-state index is 10.7. The van der Waals surface area contributed by atoms with Crippen LogP contribution in [0.1, 0.15) is 33.9 Å². The lowest BCUT2D eigenvalue weighted by Crippen LogP contribution is -2.12. The highest BCUT2D eigenvalue weighted by Gasteiger charge is 2.19. The van der Waals surface area contributed by atoms with Crippen molar-refractivity contribution in [3.05, 3.63) is 64.2 Å². The zero-order valence-corrected chi connectivity index (χ0v) is 12.4. The van der Waals surface area contributed by atoms with Crippen LogP contribution in [-0.4, -0.2) is 18.7 Å². The van der Waals surface area contributed by atoms with Crippen LogP contribution in [0.2, 0.25) is 0 Å². The zero-order chi connectivity index (χ0) is 14.3. The van der Waals surface area contributed by atoms with Gasteiger partial charge in [-0.3, -0.25) is 0 Å². The molecule has 2 aromatic carbocycles. The summed E-state index contributed by atoms with van der Waals surface area (Å²) >= 11 is 0. The zero-order valence-electron chi connectivity index (χ0n) is 12.4. The third-order valence-electron chi connectivity index (χ3n) is 4.49. The van der Waals surface area contributed by atoms with Gasteiger partial charge in [-0.2, -0.15) is 0 Å². The number of rotatable bonds is 2. The molecule has 1 unspecified atom stereocenters. The Morgan fingerprint density at radius 2 is 1.95 bits per heavy atom. The number of nitrogens with zero attached hydrogens (tertiary/aromatic N) is 1. The number of anilines is 1. The first-order chi connectivity index (χ1) is 9.58. The van der Waals surface area contributed by atoms with Crippen molar-refractivity contribution in [1.29, 1.82) is 0 Å². The van der Waals surface area contributed by atoms with Gasteiger partial charge in [0.15, 0.2) is 0 Å². The predicted molar refractivity (Wildman–Crippen MR) is 83.4 cm³/mol. The van der Waals surface area contributed by atoms with Crippen LogP contribution < -0.4 is 4.90 Å². The second-order valence-corrected chi connectivity index (χ2v) is 5.75. The number of hydrogen-bond acceptors (Lipinski definition) is 2. The molecule has 1 heterocycles. The van der Waals surface area contributed by atoms with E-state index in [0.29, 0.717) is 0 Å². The molecule has 0 amide bonds. The highest BCUT2D eigenvalue weighted by molar-refractivity contribution is 5.59. The van der Waals surface area contributed by atoms with Crippen molar-refractivity contribution in [2.24, 2.45) is 0 Å². The summed E-state index contributed by atoms with van der Waals surface area (Å²) in [5.41, 5.74) is 7.04. The standard InChI is InChI=1S/C18H21NO/c1-12-5-4-6-16(13(12)2)18(20)15-7-8-17-14(11-15)9-10-19(17)3/h4-8,11,18,20H,9-10H2,1-3H3. The lowest BCUT2D eigenvalue weighted by Gasteiger charge is -2.17. The quantitative estimate of drug-likeness (QED) is 0.901. The van der Waals surface area contributed by atoms with E-state index in [1.807, 2.05) is 18.2 Å². The number of aliphatic hydroxyl groups excluding tert-OH is 1. The Labute approximate surface area is 120 Å². The third kappa shape index (κ3) is 2.10. The van der Waals surface area contributed by atoms with Crippen molar-refractivity contribution in [3.63, 3.8) is 0 Å². The van der Waals surface area contributed by atoms with Crippen LogP contribution >= 0.6 is 0 Å². The summed E-state index contributed by atoms with van der Waals surface area (Å²) in [6.45, 7) is 5.23. The molecule has 1 atom stereocenters. The average Bonchev–Trinajstić information content (AvgIpc) is 2.82. The van der Waals surface area contributed by atoms with Crippen LogP contribution in [0.3, 0.4) is 0 Å². The van der Waals surface area contributed by atoms with Gasteiger partial charge in [0.2, 0.25) is 0 Å². The molecule has 0 bridgehead atoms. The van der Waals surface area contributed by atoms with E-state index in [2.05, 4.69) is 44.0 Å². The molecule has 0 radical (unpaired) electrons. The van der Waals surface area contributed by atoms with E-state index >= 15 is 0 Å². The highest BCUT2D eigenvalue weighted by atomic mass is 16.3. The number of benzene rings is 2. The number of fused-ring (bicyclic) bond motifs is 1. The van der Waals surface area contributed by atoms with Crippen LogP contribution in [0, 0.1) is 13.8 Å². The van der Waals surface area contributed by atoms with Gasteiger partial charge in [0, 0.05) is 19.3 Å². The van der Waals surface area contributed by atoms with Gasteiger partial charge >= 0.3 is 0 Å². The summed E-state index contributed by atoms with van der Waals surface area (Å²) in [4.78, 5) is 2.27. The minimum Gasteiger partial charge on any atom is -0.384 e. The van der Waals surface area contributed by atoms with Gasteiger partial charge in [-0.1, -0.05) is 30.3 Å². The van der Waals surface area contributed by atoms with Crippen molar-refractivity contribution < 1.29 is 5.11 Å². The van der Waals surface area contributed by atoms with E-state index in [1.54, 1.807) is 0 Å². The van der Waals surface area contributed by atoms with Gasteiger partial charge in [0.05, 0.1) is 0 Å². The fourth-order valence-electron chi connectivity index (χ4n) is 3.01. The van der Waals surface area contributed by atoms with Crippen LogP contribution in [0.4, 0.5) is 5.69 Å². The Morgan fingerprint density at radius 3 is 2.75 bits per heavy atom. The number of aliphatic hydroxyl groups is 1. The van der Waals surface area contributed by atoms with Crippen molar-refractivity contribution >= 4 is 5.69 Å². The van der Waals surface area contributed by atoms with E-state index in [9.17, 15) is 5.11 Å². The van der Waals surface area contributed by atoms with Gasteiger partial charge in [-0.15, -0.1) is 0 Å². The van der Waals surface area contributed by atoms with Crippen LogP contribution in [0.25, 0.3) is 0 Å². The minimum atomic E-state index is -0.536. The van der Waals surface area contributed by atoms with E-state index in [4.69, 9.17) is 0 Å². The Balaban J connectivity index is 1.99. The summed E-state index contributed by atoms with van der Waals surface area (Å²) in [5, 5.41) is 10.7. The number of aryl methyl sites for hydroxylation is 1. The van der Waals surface area contributed by atoms with Crippen LogP contribution in [0.15, 0.2) is 36.4 Å². The van der Waals surface area contributed by atoms with Crippen molar-refractivity contribution in [3.8, 4) is 0 Å².